The van der Waals surface area contributed by atoms with E-state index in [4.69, 9.17) is 11.2 Å². The van der Waals surface area contributed by atoms with E-state index in [0.29, 0.717) is 12.1 Å². The largest absolute Gasteiger partial charge is 0.477 e. The first-order chi connectivity index (χ1) is 10.5. The third kappa shape index (κ3) is 3.50. The first-order valence-electron chi connectivity index (χ1n) is 6.25. The molecule has 2 rings (SSSR count). The molecule has 8 heteroatoms. The second kappa shape index (κ2) is 5.65. The molecule has 0 saturated carbocycles. The molecule has 2 nitrogen and oxygen atoms in total. The van der Waals surface area contributed by atoms with Crippen LogP contribution in [0.4, 0.5) is 26.3 Å². The van der Waals surface area contributed by atoms with Crippen LogP contribution < -0.4 is 4.74 Å². The number of para-hydroxylation sites is 1. The number of ether oxygens (including phenoxy) is 1. The molecular weight excluding hydrogens is 324 g/mol. The second-order valence-electron chi connectivity index (χ2n) is 4.63. The molecule has 1 atom stereocenters. The van der Waals surface area contributed by atoms with Crippen molar-refractivity contribution in [1.29, 1.82) is 0 Å². The van der Waals surface area contributed by atoms with Gasteiger partial charge in [0.15, 0.2) is 6.10 Å². The van der Waals surface area contributed by atoms with E-state index in [-0.39, 0.29) is 5.39 Å². The summed E-state index contributed by atoms with van der Waals surface area (Å²) < 4.78 is 82.9. The number of benzene rings is 1. The maximum absolute atomic E-state index is 13.0. The van der Waals surface area contributed by atoms with Gasteiger partial charge < -0.3 is 4.74 Å². The Hall–Kier alpha value is -2.43. The topological polar surface area (TPSA) is 22.1 Å². The zero-order valence-electron chi connectivity index (χ0n) is 11.6. The number of aromatic nitrogens is 1. The van der Waals surface area contributed by atoms with E-state index in [1.165, 1.54) is 13.0 Å². The fourth-order valence-corrected chi connectivity index (χ4v) is 1.91. The second-order valence-corrected chi connectivity index (χ2v) is 4.63. The Kier molecular flexibility index (Phi) is 4.16. The van der Waals surface area contributed by atoms with Crippen molar-refractivity contribution in [3.05, 3.63) is 35.5 Å². The van der Waals surface area contributed by atoms with Crippen LogP contribution in [0.25, 0.3) is 10.9 Å². The van der Waals surface area contributed by atoms with Crippen LogP contribution in [0.5, 0.6) is 5.75 Å². The molecule has 0 radical (unpaired) electrons. The number of alkyl halides is 6. The third-order valence-electron chi connectivity index (χ3n) is 2.94. The van der Waals surface area contributed by atoms with Crippen LogP contribution in [-0.4, -0.2) is 11.1 Å². The molecule has 0 aliphatic heterocycles. The number of hydrogen-bond acceptors (Lipinski definition) is 2. The Morgan fingerprint density at radius 2 is 1.78 bits per heavy atom. The van der Waals surface area contributed by atoms with Crippen LogP contribution in [0.2, 0.25) is 0 Å². The molecule has 23 heavy (non-hydrogen) atoms. The van der Waals surface area contributed by atoms with Gasteiger partial charge in [0.1, 0.15) is 11.4 Å². The fraction of sp³-hybridized carbons (Fsp3) is 0.267. The van der Waals surface area contributed by atoms with Crippen molar-refractivity contribution in [3.8, 4) is 18.1 Å². The Morgan fingerprint density at radius 3 is 2.30 bits per heavy atom. The molecule has 1 heterocycles. The lowest BCUT2D eigenvalue weighted by Gasteiger charge is -2.17. The van der Waals surface area contributed by atoms with Gasteiger partial charge in [-0.3, -0.25) is 0 Å². The minimum absolute atomic E-state index is 0.199. The molecule has 0 N–H and O–H groups in total. The summed E-state index contributed by atoms with van der Waals surface area (Å²) in [6, 6.07) is 3.45. The van der Waals surface area contributed by atoms with Gasteiger partial charge in [-0.25, -0.2) is 4.98 Å². The lowest BCUT2D eigenvalue weighted by Crippen LogP contribution is -2.14. The molecule has 0 amide bonds. The van der Waals surface area contributed by atoms with Gasteiger partial charge in [-0.05, 0) is 19.1 Å². The Morgan fingerprint density at radius 1 is 1.13 bits per heavy atom. The molecule has 1 aromatic carbocycles. The quantitative estimate of drug-likeness (QED) is 0.588. The average Bonchev–Trinajstić information content (AvgIpc) is 2.44. The van der Waals surface area contributed by atoms with E-state index < -0.39 is 41.0 Å². The first kappa shape index (κ1) is 16.9. The predicted octanol–water partition coefficient (Wildman–Crippen LogP) is 4.67. The summed E-state index contributed by atoms with van der Waals surface area (Å²) in [5.74, 6) is 1.73. The van der Waals surface area contributed by atoms with Gasteiger partial charge in [-0.15, -0.1) is 6.42 Å². The number of pyridine rings is 1. The summed E-state index contributed by atoms with van der Waals surface area (Å²) in [4.78, 5) is 3.13. The molecule has 0 spiro atoms. The van der Waals surface area contributed by atoms with Crippen LogP contribution in [-0.2, 0) is 12.4 Å². The zero-order valence-corrected chi connectivity index (χ0v) is 11.6. The van der Waals surface area contributed by atoms with Crippen molar-refractivity contribution >= 4 is 10.9 Å². The highest BCUT2D eigenvalue weighted by Gasteiger charge is 2.37. The lowest BCUT2D eigenvalue weighted by atomic mass is 10.1. The van der Waals surface area contributed by atoms with E-state index in [1.54, 1.807) is 0 Å². The van der Waals surface area contributed by atoms with Gasteiger partial charge in [-0.2, -0.15) is 26.3 Å². The number of halogens is 6. The predicted molar refractivity (Wildman–Crippen MR) is 70.7 cm³/mol. The van der Waals surface area contributed by atoms with Crippen molar-refractivity contribution in [2.75, 3.05) is 0 Å². The third-order valence-corrected chi connectivity index (χ3v) is 2.94. The first-order valence-corrected chi connectivity index (χ1v) is 6.25. The fourth-order valence-electron chi connectivity index (χ4n) is 1.91. The van der Waals surface area contributed by atoms with E-state index >= 15 is 0 Å². The molecule has 0 aliphatic rings. The van der Waals surface area contributed by atoms with Gasteiger partial charge in [0, 0.05) is 11.5 Å². The highest BCUT2D eigenvalue weighted by Crippen LogP contribution is 2.39. The molecule has 0 bridgehead atoms. The minimum atomic E-state index is -4.93. The molecule has 1 unspecified atom stereocenters. The van der Waals surface area contributed by atoms with Crippen molar-refractivity contribution < 1.29 is 31.1 Å². The number of fused-ring (bicyclic) bond motifs is 1. The molecule has 2 aromatic rings. The Labute approximate surface area is 127 Å². The number of nitrogens with zero attached hydrogens (tertiary/aromatic N) is 1. The van der Waals surface area contributed by atoms with Crippen LogP contribution in [0, 0.1) is 12.3 Å². The van der Waals surface area contributed by atoms with E-state index in [0.717, 1.165) is 6.07 Å². The summed E-state index contributed by atoms with van der Waals surface area (Å²) in [6.07, 6.45) is -5.61. The maximum atomic E-state index is 13.0. The van der Waals surface area contributed by atoms with Crippen LogP contribution in [0.1, 0.15) is 18.2 Å². The highest BCUT2D eigenvalue weighted by atomic mass is 19.4. The molecule has 0 saturated heterocycles. The van der Waals surface area contributed by atoms with Gasteiger partial charge in [0.05, 0.1) is 11.1 Å². The Balaban J connectivity index is 2.81. The van der Waals surface area contributed by atoms with Gasteiger partial charge in [0.25, 0.3) is 0 Å². The van der Waals surface area contributed by atoms with Crippen molar-refractivity contribution in [1.82, 2.24) is 4.98 Å². The van der Waals surface area contributed by atoms with Gasteiger partial charge >= 0.3 is 12.4 Å². The summed E-state index contributed by atoms with van der Waals surface area (Å²) in [6.45, 7) is 1.38. The van der Waals surface area contributed by atoms with Crippen LogP contribution >= 0.6 is 0 Å². The standard InChI is InChI=1S/C15H9F6NO/c1-3-8(2)23-11-7-12(15(19,20)21)22-13-9(11)5-4-6-10(13)14(16,17)18/h1,4-8H,2H3. The lowest BCUT2D eigenvalue weighted by molar-refractivity contribution is -0.142. The normalized spacial score (nSPS) is 13.7. The van der Waals surface area contributed by atoms with Crippen LogP contribution in [0.15, 0.2) is 24.3 Å². The Bertz CT molecular complexity index is 772. The van der Waals surface area contributed by atoms with Crippen molar-refractivity contribution in [2.45, 2.75) is 25.4 Å². The molecule has 0 fully saturated rings. The van der Waals surface area contributed by atoms with Crippen LogP contribution in [0.3, 0.4) is 0 Å². The summed E-state index contributed by atoms with van der Waals surface area (Å²) in [5.41, 5.74) is -3.60. The van der Waals surface area contributed by atoms with E-state index in [1.807, 2.05) is 0 Å². The minimum Gasteiger partial charge on any atom is -0.477 e. The maximum Gasteiger partial charge on any atom is 0.433 e. The number of rotatable bonds is 2. The zero-order chi connectivity index (χ0) is 17.4. The SMILES string of the molecule is C#CC(C)Oc1cc(C(F)(F)F)nc2c(C(F)(F)F)cccc12. The summed E-state index contributed by atoms with van der Waals surface area (Å²) >= 11 is 0. The number of terminal acetylenes is 1. The number of hydrogen-bond donors (Lipinski definition) is 0. The molecule has 0 aliphatic carbocycles. The molecular formula is C15H9F6NO. The summed E-state index contributed by atoms with van der Waals surface area (Å²) in [7, 11) is 0. The van der Waals surface area contributed by atoms with E-state index in [2.05, 4.69) is 10.9 Å². The molecule has 122 valence electrons. The average molecular weight is 333 g/mol. The molecule has 1 aromatic heterocycles. The smallest absolute Gasteiger partial charge is 0.433 e. The van der Waals surface area contributed by atoms with Crippen molar-refractivity contribution in [3.63, 3.8) is 0 Å². The van der Waals surface area contributed by atoms with Crippen molar-refractivity contribution in [2.24, 2.45) is 0 Å². The van der Waals surface area contributed by atoms with E-state index in [9.17, 15) is 26.3 Å². The highest BCUT2D eigenvalue weighted by molar-refractivity contribution is 5.88. The summed E-state index contributed by atoms with van der Waals surface area (Å²) in [5, 5.41) is -0.199. The van der Waals surface area contributed by atoms with Gasteiger partial charge in [-0.1, -0.05) is 12.0 Å². The monoisotopic (exact) mass is 333 g/mol. The van der Waals surface area contributed by atoms with Gasteiger partial charge in [0.2, 0.25) is 0 Å².